The molecule has 1 aromatic heterocycles. The first-order valence-electron chi connectivity index (χ1n) is 7.26. The molecule has 3 heterocycles. The Hall–Kier alpha value is -2.18. The number of fused-ring (bicyclic) bond motifs is 2. The van der Waals surface area contributed by atoms with Crippen LogP contribution in [0.25, 0.3) is 11.1 Å². The van der Waals surface area contributed by atoms with Crippen LogP contribution in [0.4, 0.5) is 5.69 Å². The Morgan fingerprint density at radius 2 is 2.09 bits per heavy atom. The van der Waals surface area contributed by atoms with Crippen molar-refractivity contribution in [3.8, 4) is 11.1 Å². The maximum absolute atomic E-state index is 12.8. The third kappa shape index (κ3) is 1.95. The molecule has 2 aromatic rings. The second-order valence-electron chi connectivity index (χ2n) is 5.75. The predicted octanol–water partition coefficient (Wildman–Crippen LogP) is 1.19. The highest BCUT2D eigenvalue weighted by atomic mass is 32.1. The van der Waals surface area contributed by atoms with E-state index >= 15 is 0 Å². The molecule has 0 radical (unpaired) electrons. The number of hydrogen-bond donors (Lipinski definition) is 2. The zero-order chi connectivity index (χ0) is 15.3. The zero-order valence-corrected chi connectivity index (χ0v) is 12.7. The summed E-state index contributed by atoms with van der Waals surface area (Å²) < 4.78 is 0. The van der Waals surface area contributed by atoms with Crippen LogP contribution in [0.5, 0.6) is 0 Å². The molecule has 2 amide bonds. The topological polar surface area (TPSA) is 77.1 Å². The van der Waals surface area contributed by atoms with E-state index in [4.69, 9.17) is 0 Å². The van der Waals surface area contributed by atoms with Crippen molar-refractivity contribution < 1.29 is 15.3 Å². The predicted molar refractivity (Wildman–Crippen MR) is 84.5 cm³/mol. The summed E-state index contributed by atoms with van der Waals surface area (Å²) in [6, 6.07) is 7.15. The highest BCUT2D eigenvalue weighted by molar-refractivity contribution is 7.08. The first-order valence-corrected chi connectivity index (χ1v) is 8.21. The highest BCUT2D eigenvalue weighted by Gasteiger charge is 2.45. The Kier molecular flexibility index (Phi) is 3.02. The number of nitrogens with zero attached hydrogens (tertiary/aromatic N) is 1. The van der Waals surface area contributed by atoms with Gasteiger partial charge >= 0.3 is 0 Å². The molecular weight excluding hydrogens is 298 g/mol. The Morgan fingerprint density at radius 1 is 1.23 bits per heavy atom. The monoisotopic (exact) mass is 314 g/mol. The van der Waals surface area contributed by atoms with Crippen molar-refractivity contribution >= 4 is 28.8 Å². The first-order chi connectivity index (χ1) is 10.6. The first kappa shape index (κ1) is 13.5. The molecule has 0 unspecified atom stereocenters. The maximum atomic E-state index is 12.8. The van der Waals surface area contributed by atoms with Gasteiger partial charge in [0, 0.05) is 13.0 Å². The van der Waals surface area contributed by atoms with Crippen LogP contribution >= 0.6 is 11.3 Å². The van der Waals surface area contributed by atoms with E-state index in [-0.39, 0.29) is 17.9 Å². The van der Waals surface area contributed by atoms with Gasteiger partial charge in [0.05, 0.1) is 11.3 Å². The third-order valence-corrected chi connectivity index (χ3v) is 5.10. The molecule has 5 nitrogen and oxygen atoms in total. The minimum Gasteiger partial charge on any atom is -0.353 e. The van der Waals surface area contributed by atoms with Crippen LogP contribution in [-0.2, 0) is 4.79 Å². The summed E-state index contributed by atoms with van der Waals surface area (Å²) in [6.07, 6.45) is 0.767. The molecule has 1 saturated heterocycles. The lowest BCUT2D eigenvalue weighted by Crippen LogP contribution is -2.68. The van der Waals surface area contributed by atoms with Gasteiger partial charge in [-0.1, -0.05) is 6.07 Å². The summed E-state index contributed by atoms with van der Waals surface area (Å²) in [5.41, 5.74) is 7.25. The van der Waals surface area contributed by atoms with E-state index in [1.54, 1.807) is 16.2 Å². The van der Waals surface area contributed by atoms with Gasteiger partial charge in [0.2, 0.25) is 0 Å². The van der Waals surface area contributed by atoms with Gasteiger partial charge in [-0.15, -0.1) is 0 Å². The fourth-order valence-corrected chi connectivity index (χ4v) is 3.90. The van der Waals surface area contributed by atoms with Gasteiger partial charge in [-0.05, 0) is 40.1 Å². The number of thiophene rings is 1. The molecule has 4 N–H and O–H groups in total. The molecule has 2 aliphatic rings. The summed E-state index contributed by atoms with van der Waals surface area (Å²) >= 11 is 1.62. The molecule has 2 atom stereocenters. The van der Waals surface area contributed by atoms with Crippen molar-refractivity contribution in [2.45, 2.75) is 18.5 Å². The zero-order valence-electron chi connectivity index (χ0n) is 11.9. The highest BCUT2D eigenvalue weighted by Crippen LogP contribution is 2.32. The molecule has 112 valence electrons. The quantitative estimate of drug-likeness (QED) is 0.829. The average molecular weight is 314 g/mol. The lowest BCUT2D eigenvalue weighted by atomic mass is 10.0. The van der Waals surface area contributed by atoms with E-state index in [9.17, 15) is 9.59 Å². The molecule has 0 spiro atoms. The van der Waals surface area contributed by atoms with Crippen molar-refractivity contribution in [1.29, 1.82) is 0 Å². The number of quaternary nitrogens is 1. The van der Waals surface area contributed by atoms with E-state index in [0.717, 1.165) is 17.5 Å². The van der Waals surface area contributed by atoms with Gasteiger partial charge in [0.15, 0.2) is 6.04 Å². The van der Waals surface area contributed by atoms with Gasteiger partial charge in [0.1, 0.15) is 6.04 Å². The van der Waals surface area contributed by atoms with Gasteiger partial charge in [0.25, 0.3) is 11.8 Å². The van der Waals surface area contributed by atoms with Crippen molar-refractivity contribution in [2.75, 3.05) is 11.9 Å². The molecular formula is C16H16N3O2S+. The molecule has 4 rings (SSSR count). The number of hydrogen-bond acceptors (Lipinski definition) is 3. The molecule has 0 bridgehead atoms. The van der Waals surface area contributed by atoms with E-state index in [1.165, 1.54) is 0 Å². The smallest absolute Gasteiger partial charge is 0.256 e. The number of anilines is 1. The van der Waals surface area contributed by atoms with Gasteiger partial charge in [-0.3, -0.25) is 9.59 Å². The van der Waals surface area contributed by atoms with E-state index in [1.807, 2.05) is 35.0 Å². The minimum absolute atomic E-state index is 0.0467. The molecule has 1 fully saturated rings. The largest absolute Gasteiger partial charge is 0.353 e. The average Bonchev–Trinajstić information content (AvgIpc) is 3.14. The second kappa shape index (κ2) is 4.93. The van der Waals surface area contributed by atoms with Crippen molar-refractivity contribution in [2.24, 2.45) is 0 Å². The molecule has 6 heteroatoms. The second-order valence-corrected chi connectivity index (χ2v) is 6.53. The fraction of sp³-hybridized carbons (Fsp3) is 0.250. The third-order valence-electron chi connectivity index (χ3n) is 4.41. The molecule has 0 saturated carbocycles. The molecule has 1 aromatic carbocycles. The van der Waals surface area contributed by atoms with Crippen LogP contribution in [0.15, 0.2) is 35.0 Å². The van der Waals surface area contributed by atoms with Gasteiger partial charge in [-0.25, -0.2) is 0 Å². The Labute approximate surface area is 131 Å². The molecule has 2 aliphatic heterocycles. The van der Waals surface area contributed by atoms with Crippen LogP contribution in [0.2, 0.25) is 0 Å². The van der Waals surface area contributed by atoms with E-state index in [2.05, 4.69) is 11.1 Å². The van der Waals surface area contributed by atoms with Gasteiger partial charge < -0.3 is 16.0 Å². The standard InChI is InChI=1S/C16H15N3O2S/c17-12-3-5-19-14(12)15(20)18-13-2-1-9(7-11(13)16(19)21)10-4-6-22-8-10/h1-2,4,6-8,12,14H,3,5,17H2,(H,18,20)/p+1/t12-,14-/m0/s1. The lowest BCUT2D eigenvalue weighted by Gasteiger charge is -2.20. The summed E-state index contributed by atoms with van der Waals surface area (Å²) in [4.78, 5) is 26.9. The van der Waals surface area contributed by atoms with Gasteiger partial charge in [-0.2, -0.15) is 11.3 Å². The normalized spacial score (nSPS) is 23.8. The van der Waals surface area contributed by atoms with Crippen LogP contribution in [0.1, 0.15) is 16.8 Å². The Balaban J connectivity index is 1.81. The van der Waals surface area contributed by atoms with E-state index < -0.39 is 6.04 Å². The van der Waals surface area contributed by atoms with Crippen LogP contribution in [-0.4, -0.2) is 35.3 Å². The molecule has 22 heavy (non-hydrogen) atoms. The van der Waals surface area contributed by atoms with Crippen molar-refractivity contribution in [3.63, 3.8) is 0 Å². The Bertz CT molecular complexity index is 757. The lowest BCUT2D eigenvalue weighted by molar-refractivity contribution is -0.419. The van der Waals surface area contributed by atoms with Crippen molar-refractivity contribution in [1.82, 2.24) is 4.90 Å². The van der Waals surface area contributed by atoms with Crippen LogP contribution < -0.4 is 11.1 Å². The summed E-state index contributed by atoms with van der Waals surface area (Å²) in [6.45, 7) is 0.590. The number of carbonyl (C=O) groups is 2. The van der Waals surface area contributed by atoms with Crippen LogP contribution in [0, 0.1) is 0 Å². The number of nitrogens with one attached hydrogen (secondary N) is 1. The number of amides is 2. The Morgan fingerprint density at radius 3 is 2.86 bits per heavy atom. The fourth-order valence-electron chi connectivity index (χ4n) is 3.24. The SMILES string of the molecule is [NH3+][C@H]1CCN2C(=O)c3cc(-c4ccsc4)ccc3NC(=O)[C@H]12. The summed E-state index contributed by atoms with van der Waals surface area (Å²) in [7, 11) is 0. The van der Waals surface area contributed by atoms with Crippen LogP contribution in [0.3, 0.4) is 0 Å². The number of benzene rings is 1. The number of rotatable bonds is 1. The minimum atomic E-state index is -0.454. The molecule has 0 aliphatic carbocycles. The summed E-state index contributed by atoms with van der Waals surface area (Å²) in [5, 5.41) is 6.94. The maximum Gasteiger partial charge on any atom is 0.256 e. The number of carbonyl (C=O) groups excluding carboxylic acids is 2. The van der Waals surface area contributed by atoms with E-state index in [0.29, 0.717) is 17.8 Å². The van der Waals surface area contributed by atoms with Crippen molar-refractivity contribution in [3.05, 3.63) is 40.6 Å². The summed E-state index contributed by atoms with van der Waals surface area (Å²) in [5.74, 6) is -0.213.